The Bertz CT molecular complexity index is 333. The Morgan fingerprint density at radius 3 is 3.06 bits per heavy atom. The summed E-state index contributed by atoms with van der Waals surface area (Å²) in [5.41, 5.74) is 0. The van der Waals surface area contributed by atoms with Gasteiger partial charge in [-0.15, -0.1) is 0 Å². The predicted molar refractivity (Wildman–Crippen MR) is 65.5 cm³/mol. The number of ether oxygens (including phenoxy) is 1. The molecular formula is C12H22N4O. The first-order valence-corrected chi connectivity index (χ1v) is 6.43. The van der Waals surface area contributed by atoms with E-state index in [0.717, 1.165) is 25.5 Å². The Morgan fingerprint density at radius 1 is 1.53 bits per heavy atom. The van der Waals surface area contributed by atoms with Crippen LogP contribution in [0.3, 0.4) is 0 Å². The minimum atomic E-state index is 0.587. The summed E-state index contributed by atoms with van der Waals surface area (Å²) in [5, 5.41) is 7.79. The molecule has 1 fully saturated rings. The lowest BCUT2D eigenvalue weighted by atomic mass is 10.2. The molecule has 0 radical (unpaired) electrons. The van der Waals surface area contributed by atoms with Crippen molar-refractivity contribution in [3.63, 3.8) is 0 Å². The molecule has 0 amide bonds. The normalized spacial score (nSPS) is 15.7. The minimum absolute atomic E-state index is 0.587. The van der Waals surface area contributed by atoms with Gasteiger partial charge in [-0.05, 0) is 18.8 Å². The molecule has 1 N–H and O–H groups in total. The van der Waals surface area contributed by atoms with Crippen LogP contribution in [-0.4, -0.2) is 34.0 Å². The SMILES string of the molecule is CC(C)COCCn1cnc(CNC2CC2)n1. The van der Waals surface area contributed by atoms with Gasteiger partial charge in [0.25, 0.3) is 0 Å². The van der Waals surface area contributed by atoms with Gasteiger partial charge in [0.05, 0.1) is 19.7 Å². The van der Waals surface area contributed by atoms with Gasteiger partial charge in [-0.25, -0.2) is 4.98 Å². The number of nitrogens with zero attached hydrogens (tertiary/aromatic N) is 3. The van der Waals surface area contributed by atoms with Crippen molar-refractivity contribution in [1.29, 1.82) is 0 Å². The fourth-order valence-corrected chi connectivity index (χ4v) is 1.52. The van der Waals surface area contributed by atoms with E-state index >= 15 is 0 Å². The van der Waals surface area contributed by atoms with E-state index in [9.17, 15) is 0 Å². The first-order chi connectivity index (χ1) is 8.24. The summed E-state index contributed by atoms with van der Waals surface area (Å²) in [6.45, 7) is 7.38. The van der Waals surface area contributed by atoms with E-state index in [1.807, 2.05) is 4.68 Å². The monoisotopic (exact) mass is 238 g/mol. The van der Waals surface area contributed by atoms with Crippen LogP contribution in [0.25, 0.3) is 0 Å². The Labute approximate surface area is 103 Å². The van der Waals surface area contributed by atoms with Gasteiger partial charge in [0.1, 0.15) is 6.33 Å². The molecular weight excluding hydrogens is 216 g/mol. The molecule has 1 heterocycles. The average Bonchev–Trinajstić information content (AvgIpc) is 3.01. The molecule has 0 unspecified atom stereocenters. The molecule has 1 aromatic heterocycles. The van der Waals surface area contributed by atoms with Gasteiger partial charge < -0.3 is 10.1 Å². The van der Waals surface area contributed by atoms with Gasteiger partial charge in [0.15, 0.2) is 5.82 Å². The molecule has 5 heteroatoms. The lowest BCUT2D eigenvalue weighted by Gasteiger charge is -2.06. The molecule has 5 nitrogen and oxygen atoms in total. The molecule has 1 saturated carbocycles. The second kappa shape index (κ2) is 6.12. The largest absolute Gasteiger partial charge is 0.379 e. The fraction of sp³-hybridized carbons (Fsp3) is 0.833. The molecule has 0 atom stereocenters. The van der Waals surface area contributed by atoms with Gasteiger partial charge in [0.2, 0.25) is 0 Å². The molecule has 0 bridgehead atoms. The molecule has 2 rings (SSSR count). The van der Waals surface area contributed by atoms with Crippen molar-refractivity contribution in [3.8, 4) is 0 Å². The highest BCUT2D eigenvalue weighted by Crippen LogP contribution is 2.18. The van der Waals surface area contributed by atoms with Gasteiger partial charge in [0, 0.05) is 12.6 Å². The summed E-state index contributed by atoms with van der Waals surface area (Å²) >= 11 is 0. The van der Waals surface area contributed by atoms with Crippen LogP contribution in [0.1, 0.15) is 32.5 Å². The summed E-state index contributed by atoms with van der Waals surface area (Å²) in [5.74, 6) is 1.46. The van der Waals surface area contributed by atoms with Gasteiger partial charge in [-0.2, -0.15) is 5.10 Å². The minimum Gasteiger partial charge on any atom is -0.379 e. The first-order valence-electron chi connectivity index (χ1n) is 6.43. The summed E-state index contributed by atoms with van der Waals surface area (Å²) < 4.78 is 7.36. The van der Waals surface area contributed by atoms with E-state index in [0.29, 0.717) is 18.6 Å². The topological polar surface area (TPSA) is 52.0 Å². The second-order valence-electron chi connectivity index (χ2n) is 5.05. The number of rotatable bonds is 8. The number of hydrogen-bond acceptors (Lipinski definition) is 4. The van der Waals surface area contributed by atoms with Gasteiger partial charge in [-0.3, -0.25) is 4.68 Å². The molecule has 1 aromatic rings. The Morgan fingerprint density at radius 2 is 2.35 bits per heavy atom. The van der Waals surface area contributed by atoms with Gasteiger partial charge >= 0.3 is 0 Å². The van der Waals surface area contributed by atoms with Crippen LogP contribution in [-0.2, 0) is 17.8 Å². The van der Waals surface area contributed by atoms with Crippen LogP contribution >= 0.6 is 0 Å². The van der Waals surface area contributed by atoms with E-state index in [1.54, 1.807) is 6.33 Å². The maximum Gasteiger partial charge on any atom is 0.164 e. The predicted octanol–water partition coefficient (Wildman–Crippen LogP) is 1.20. The van der Waals surface area contributed by atoms with Crippen LogP contribution in [0.5, 0.6) is 0 Å². The van der Waals surface area contributed by atoms with E-state index in [1.165, 1.54) is 12.8 Å². The van der Waals surface area contributed by atoms with Crippen molar-refractivity contribution in [3.05, 3.63) is 12.2 Å². The fourth-order valence-electron chi connectivity index (χ4n) is 1.52. The van der Waals surface area contributed by atoms with Crippen molar-refractivity contribution in [2.24, 2.45) is 5.92 Å². The zero-order valence-electron chi connectivity index (χ0n) is 10.7. The summed E-state index contributed by atoms with van der Waals surface area (Å²) in [6, 6.07) is 0.705. The third-order valence-corrected chi connectivity index (χ3v) is 2.63. The summed E-state index contributed by atoms with van der Waals surface area (Å²) in [4.78, 5) is 4.26. The highest BCUT2D eigenvalue weighted by atomic mass is 16.5. The third kappa shape index (κ3) is 4.83. The van der Waals surface area contributed by atoms with E-state index in [-0.39, 0.29) is 0 Å². The Balaban J connectivity index is 1.62. The molecule has 96 valence electrons. The molecule has 17 heavy (non-hydrogen) atoms. The molecule has 0 spiro atoms. The standard InChI is InChI=1S/C12H22N4O/c1-10(2)8-17-6-5-16-9-14-12(15-16)7-13-11-3-4-11/h9-11,13H,3-8H2,1-2H3. The Kier molecular flexibility index (Phi) is 4.50. The van der Waals surface area contributed by atoms with Crippen LogP contribution in [0.15, 0.2) is 6.33 Å². The average molecular weight is 238 g/mol. The van der Waals surface area contributed by atoms with Crippen LogP contribution in [0.2, 0.25) is 0 Å². The summed E-state index contributed by atoms with van der Waals surface area (Å²) in [6.07, 6.45) is 4.37. The van der Waals surface area contributed by atoms with Crippen molar-refractivity contribution in [2.75, 3.05) is 13.2 Å². The van der Waals surface area contributed by atoms with Crippen LogP contribution < -0.4 is 5.32 Å². The molecule has 0 aromatic carbocycles. The smallest absolute Gasteiger partial charge is 0.164 e. The molecule has 1 aliphatic carbocycles. The Hall–Kier alpha value is -0.940. The zero-order valence-corrected chi connectivity index (χ0v) is 10.7. The first kappa shape index (κ1) is 12.5. The van der Waals surface area contributed by atoms with Crippen molar-refractivity contribution < 1.29 is 4.74 Å². The van der Waals surface area contributed by atoms with E-state index in [2.05, 4.69) is 29.2 Å². The van der Waals surface area contributed by atoms with Crippen molar-refractivity contribution >= 4 is 0 Å². The third-order valence-electron chi connectivity index (χ3n) is 2.63. The van der Waals surface area contributed by atoms with Crippen LogP contribution in [0.4, 0.5) is 0 Å². The number of nitrogens with one attached hydrogen (secondary N) is 1. The zero-order chi connectivity index (χ0) is 12.1. The molecule has 0 aliphatic heterocycles. The van der Waals surface area contributed by atoms with Crippen molar-refractivity contribution in [1.82, 2.24) is 20.1 Å². The maximum absolute atomic E-state index is 5.51. The summed E-state index contributed by atoms with van der Waals surface area (Å²) in [7, 11) is 0. The number of hydrogen-bond donors (Lipinski definition) is 1. The maximum atomic E-state index is 5.51. The highest BCUT2D eigenvalue weighted by molar-refractivity contribution is 4.86. The lowest BCUT2D eigenvalue weighted by molar-refractivity contribution is 0.101. The van der Waals surface area contributed by atoms with Crippen molar-refractivity contribution in [2.45, 2.75) is 45.8 Å². The second-order valence-corrected chi connectivity index (χ2v) is 5.05. The number of aromatic nitrogens is 3. The molecule has 0 saturated heterocycles. The van der Waals surface area contributed by atoms with E-state index < -0.39 is 0 Å². The highest BCUT2D eigenvalue weighted by Gasteiger charge is 2.20. The van der Waals surface area contributed by atoms with E-state index in [4.69, 9.17) is 4.74 Å². The lowest BCUT2D eigenvalue weighted by Crippen LogP contribution is -2.16. The quantitative estimate of drug-likeness (QED) is 0.691. The van der Waals surface area contributed by atoms with Crippen LogP contribution in [0, 0.1) is 5.92 Å². The van der Waals surface area contributed by atoms with Gasteiger partial charge in [-0.1, -0.05) is 13.8 Å². The molecule has 1 aliphatic rings.